The van der Waals surface area contributed by atoms with Crippen molar-refractivity contribution >= 4 is 6.03 Å². The standard InChI is InChI=1S/C10H16N2O/c1-2-8-11-10(13)12-9-6-4-3-5-7-9/h1,9H,3-8H2,(H2,11,12,13). The zero-order valence-corrected chi connectivity index (χ0v) is 7.81. The molecule has 0 atom stereocenters. The lowest BCUT2D eigenvalue weighted by atomic mass is 9.96. The Morgan fingerprint density at radius 2 is 2.08 bits per heavy atom. The molecule has 1 aliphatic rings. The smallest absolute Gasteiger partial charge is 0.315 e. The van der Waals surface area contributed by atoms with Gasteiger partial charge in [-0.2, -0.15) is 0 Å². The molecule has 1 fully saturated rings. The Morgan fingerprint density at radius 3 is 2.69 bits per heavy atom. The highest BCUT2D eigenvalue weighted by molar-refractivity contribution is 5.74. The number of carbonyl (C=O) groups excluding carboxylic acids is 1. The van der Waals surface area contributed by atoms with Crippen LogP contribution < -0.4 is 10.6 Å². The minimum absolute atomic E-state index is 0.134. The number of terminal acetylenes is 1. The summed E-state index contributed by atoms with van der Waals surface area (Å²) >= 11 is 0. The summed E-state index contributed by atoms with van der Waals surface area (Å²) in [6.07, 6.45) is 11.0. The molecule has 0 bridgehead atoms. The minimum Gasteiger partial charge on any atom is -0.335 e. The van der Waals surface area contributed by atoms with Crippen LogP contribution in [0, 0.1) is 12.3 Å². The highest BCUT2D eigenvalue weighted by atomic mass is 16.2. The fourth-order valence-electron chi connectivity index (χ4n) is 1.61. The van der Waals surface area contributed by atoms with Crippen LogP contribution in [0.1, 0.15) is 32.1 Å². The Labute approximate surface area is 79.3 Å². The number of hydrogen-bond acceptors (Lipinski definition) is 1. The fourth-order valence-corrected chi connectivity index (χ4v) is 1.61. The van der Waals surface area contributed by atoms with Crippen LogP contribution in [0.2, 0.25) is 0 Å². The van der Waals surface area contributed by atoms with E-state index in [1.807, 2.05) is 0 Å². The molecule has 0 spiro atoms. The van der Waals surface area contributed by atoms with Gasteiger partial charge in [-0.05, 0) is 12.8 Å². The van der Waals surface area contributed by atoms with Gasteiger partial charge in [0.15, 0.2) is 0 Å². The molecule has 0 saturated heterocycles. The van der Waals surface area contributed by atoms with Crippen LogP contribution in [0.25, 0.3) is 0 Å². The van der Waals surface area contributed by atoms with Gasteiger partial charge in [-0.3, -0.25) is 0 Å². The molecule has 13 heavy (non-hydrogen) atoms. The molecular formula is C10H16N2O. The largest absolute Gasteiger partial charge is 0.335 e. The van der Waals surface area contributed by atoms with E-state index in [1.54, 1.807) is 0 Å². The fraction of sp³-hybridized carbons (Fsp3) is 0.700. The van der Waals surface area contributed by atoms with Gasteiger partial charge >= 0.3 is 6.03 Å². The van der Waals surface area contributed by atoms with Gasteiger partial charge in [0, 0.05) is 6.04 Å². The number of urea groups is 1. The molecule has 1 rings (SSSR count). The second kappa shape index (κ2) is 5.47. The molecule has 3 nitrogen and oxygen atoms in total. The summed E-state index contributed by atoms with van der Waals surface area (Å²) < 4.78 is 0. The van der Waals surface area contributed by atoms with Crippen LogP contribution in [0.5, 0.6) is 0 Å². The van der Waals surface area contributed by atoms with Crippen LogP contribution in [0.4, 0.5) is 4.79 Å². The molecule has 1 saturated carbocycles. The maximum atomic E-state index is 11.2. The SMILES string of the molecule is C#CCNC(=O)NC1CCCCC1. The molecule has 0 heterocycles. The maximum absolute atomic E-state index is 11.2. The van der Waals surface area contributed by atoms with Crippen LogP contribution in [-0.2, 0) is 0 Å². The first kappa shape index (κ1) is 9.91. The topological polar surface area (TPSA) is 41.1 Å². The van der Waals surface area contributed by atoms with Crippen LogP contribution in [0.3, 0.4) is 0 Å². The molecule has 1 aliphatic carbocycles. The Bertz CT molecular complexity index is 201. The van der Waals surface area contributed by atoms with E-state index in [0.717, 1.165) is 12.8 Å². The third kappa shape index (κ3) is 3.84. The Hall–Kier alpha value is -1.17. The Balaban J connectivity index is 2.15. The lowest BCUT2D eigenvalue weighted by Crippen LogP contribution is -2.42. The van der Waals surface area contributed by atoms with E-state index >= 15 is 0 Å². The second-order valence-electron chi connectivity index (χ2n) is 3.37. The van der Waals surface area contributed by atoms with E-state index in [0.29, 0.717) is 12.6 Å². The van der Waals surface area contributed by atoms with Gasteiger partial charge in [0.1, 0.15) is 0 Å². The molecule has 0 radical (unpaired) electrons. The zero-order valence-electron chi connectivity index (χ0n) is 7.81. The van der Waals surface area contributed by atoms with E-state index in [2.05, 4.69) is 16.6 Å². The average molecular weight is 180 g/mol. The van der Waals surface area contributed by atoms with E-state index in [1.165, 1.54) is 19.3 Å². The van der Waals surface area contributed by atoms with Crippen molar-refractivity contribution in [2.75, 3.05) is 6.54 Å². The van der Waals surface area contributed by atoms with Crippen molar-refractivity contribution in [3.8, 4) is 12.3 Å². The predicted molar refractivity (Wildman–Crippen MR) is 52.2 cm³/mol. The highest BCUT2D eigenvalue weighted by Crippen LogP contribution is 2.16. The summed E-state index contributed by atoms with van der Waals surface area (Å²) in [4.78, 5) is 11.2. The summed E-state index contributed by atoms with van der Waals surface area (Å²) in [6.45, 7) is 0.304. The predicted octanol–water partition coefficient (Wildman–Crippen LogP) is 1.25. The van der Waals surface area contributed by atoms with Crippen molar-refractivity contribution in [2.24, 2.45) is 0 Å². The number of rotatable bonds is 2. The Morgan fingerprint density at radius 1 is 1.38 bits per heavy atom. The molecular weight excluding hydrogens is 164 g/mol. The summed E-state index contributed by atoms with van der Waals surface area (Å²) in [6, 6.07) is 0.219. The number of amides is 2. The lowest BCUT2D eigenvalue weighted by Gasteiger charge is -2.22. The molecule has 72 valence electrons. The number of hydrogen-bond donors (Lipinski definition) is 2. The van der Waals surface area contributed by atoms with Crippen molar-refractivity contribution in [3.05, 3.63) is 0 Å². The van der Waals surface area contributed by atoms with Crippen molar-refractivity contribution < 1.29 is 4.79 Å². The van der Waals surface area contributed by atoms with Gasteiger partial charge in [0.2, 0.25) is 0 Å². The summed E-state index contributed by atoms with van der Waals surface area (Å²) in [5, 5.41) is 5.50. The van der Waals surface area contributed by atoms with Gasteiger partial charge in [-0.15, -0.1) is 6.42 Å². The van der Waals surface area contributed by atoms with E-state index in [-0.39, 0.29) is 6.03 Å². The minimum atomic E-state index is -0.134. The molecule has 0 unspecified atom stereocenters. The first-order chi connectivity index (χ1) is 6.33. The van der Waals surface area contributed by atoms with Crippen LogP contribution in [0.15, 0.2) is 0 Å². The summed E-state index contributed by atoms with van der Waals surface area (Å²) in [5.41, 5.74) is 0. The molecule has 3 heteroatoms. The summed E-state index contributed by atoms with van der Waals surface area (Å²) in [7, 11) is 0. The molecule has 0 aromatic heterocycles. The normalized spacial score (nSPS) is 17.5. The number of nitrogens with one attached hydrogen (secondary N) is 2. The quantitative estimate of drug-likeness (QED) is 0.617. The average Bonchev–Trinajstić information content (AvgIpc) is 2.16. The maximum Gasteiger partial charge on any atom is 0.315 e. The second-order valence-corrected chi connectivity index (χ2v) is 3.37. The molecule has 0 aromatic rings. The molecule has 2 N–H and O–H groups in total. The van der Waals surface area contributed by atoms with E-state index in [4.69, 9.17) is 6.42 Å². The van der Waals surface area contributed by atoms with Gasteiger partial charge in [0.05, 0.1) is 6.54 Å². The molecule has 2 amide bonds. The molecule has 0 aromatic carbocycles. The first-order valence-corrected chi connectivity index (χ1v) is 4.81. The first-order valence-electron chi connectivity index (χ1n) is 4.81. The zero-order chi connectivity index (χ0) is 9.52. The highest BCUT2D eigenvalue weighted by Gasteiger charge is 2.14. The van der Waals surface area contributed by atoms with Crippen LogP contribution >= 0.6 is 0 Å². The Kier molecular flexibility index (Phi) is 4.17. The third-order valence-electron chi connectivity index (χ3n) is 2.29. The molecule has 0 aliphatic heterocycles. The summed E-state index contributed by atoms with van der Waals surface area (Å²) in [5.74, 6) is 2.36. The van der Waals surface area contributed by atoms with Crippen LogP contribution in [-0.4, -0.2) is 18.6 Å². The lowest BCUT2D eigenvalue weighted by molar-refractivity contribution is 0.234. The van der Waals surface area contributed by atoms with Crippen molar-refractivity contribution in [3.63, 3.8) is 0 Å². The van der Waals surface area contributed by atoms with Gasteiger partial charge in [-0.1, -0.05) is 25.2 Å². The van der Waals surface area contributed by atoms with Crippen molar-refractivity contribution in [2.45, 2.75) is 38.1 Å². The van der Waals surface area contributed by atoms with E-state index < -0.39 is 0 Å². The van der Waals surface area contributed by atoms with Gasteiger partial charge in [-0.25, -0.2) is 4.79 Å². The number of carbonyl (C=O) groups is 1. The van der Waals surface area contributed by atoms with Gasteiger partial charge in [0.25, 0.3) is 0 Å². The van der Waals surface area contributed by atoms with Crippen molar-refractivity contribution in [1.29, 1.82) is 0 Å². The van der Waals surface area contributed by atoms with Gasteiger partial charge < -0.3 is 10.6 Å². The monoisotopic (exact) mass is 180 g/mol. The third-order valence-corrected chi connectivity index (χ3v) is 2.29. The van der Waals surface area contributed by atoms with E-state index in [9.17, 15) is 4.79 Å². The van der Waals surface area contributed by atoms with Crippen molar-refractivity contribution in [1.82, 2.24) is 10.6 Å².